The molecular formula is C24H25F3N6O2. The number of nitrogens with two attached hydrogens (primary N) is 1. The maximum Gasteiger partial charge on any atom is 0.254 e. The first-order valence-electron chi connectivity index (χ1n) is 11.1. The summed E-state index contributed by atoms with van der Waals surface area (Å²) in [5.74, 6) is -4.16. The molecule has 8 nitrogen and oxygen atoms in total. The molecule has 2 aromatic carbocycles. The van der Waals surface area contributed by atoms with Crippen molar-refractivity contribution in [3.05, 3.63) is 76.7 Å². The van der Waals surface area contributed by atoms with E-state index in [9.17, 15) is 18.0 Å². The number of hydrogen-bond acceptors (Lipinski definition) is 7. The molecule has 11 heteroatoms. The van der Waals surface area contributed by atoms with Gasteiger partial charge in [0, 0.05) is 43.6 Å². The fourth-order valence-electron chi connectivity index (χ4n) is 3.71. The SMILES string of the molecule is NC(=O)c1cnc(Nc2cccc(CCN3CCOCC3)c2)nc1NCc1c(F)ccc(F)c1F. The molecule has 3 aromatic rings. The fraction of sp³-hybridized carbons (Fsp3) is 0.292. The van der Waals surface area contributed by atoms with Gasteiger partial charge in [0.25, 0.3) is 5.91 Å². The van der Waals surface area contributed by atoms with E-state index in [4.69, 9.17) is 10.5 Å². The number of carbonyl (C=O) groups excluding carboxylic acids is 1. The van der Waals surface area contributed by atoms with Gasteiger partial charge in [0.2, 0.25) is 5.95 Å². The molecule has 4 N–H and O–H groups in total. The van der Waals surface area contributed by atoms with Gasteiger partial charge >= 0.3 is 0 Å². The molecule has 0 unspecified atom stereocenters. The predicted molar refractivity (Wildman–Crippen MR) is 125 cm³/mol. The van der Waals surface area contributed by atoms with Gasteiger partial charge in [0.15, 0.2) is 11.6 Å². The summed E-state index contributed by atoms with van der Waals surface area (Å²) in [4.78, 5) is 22.5. The van der Waals surface area contributed by atoms with Crippen molar-refractivity contribution in [3.63, 3.8) is 0 Å². The van der Waals surface area contributed by atoms with Crippen LogP contribution in [0.3, 0.4) is 0 Å². The highest BCUT2D eigenvalue weighted by atomic mass is 19.2. The number of carbonyl (C=O) groups is 1. The molecule has 184 valence electrons. The van der Waals surface area contributed by atoms with Crippen LogP contribution in [-0.2, 0) is 17.7 Å². The molecule has 0 aliphatic carbocycles. The maximum atomic E-state index is 14.0. The molecule has 1 aliphatic rings. The number of halogens is 3. The Kier molecular flexibility index (Phi) is 7.78. The van der Waals surface area contributed by atoms with E-state index in [2.05, 4.69) is 25.5 Å². The van der Waals surface area contributed by atoms with E-state index in [1.54, 1.807) is 0 Å². The highest BCUT2D eigenvalue weighted by Crippen LogP contribution is 2.21. The predicted octanol–water partition coefficient (Wildman–Crippen LogP) is 3.22. The van der Waals surface area contributed by atoms with Gasteiger partial charge in [-0.2, -0.15) is 4.98 Å². The van der Waals surface area contributed by atoms with Gasteiger partial charge in [-0.1, -0.05) is 12.1 Å². The first kappa shape index (κ1) is 24.4. The van der Waals surface area contributed by atoms with Gasteiger partial charge in [-0.25, -0.2) is 18.2 Å². The fourth-order valence-corrected chi connectivity index (χ4v) is 3.71. The molecule has 0 atom stereocenters. The molecule has 1 aliphatic heterocycles. The highest BCUT2D eigenvalue weighted by molar-refractivity contribution is 5.97. The molecule has 0 radical (unpaired) electrons. The Hall–Kier alpha value is -3.70. The zero-order chi connectivity index (χ0) is 24.8. The second-order valence-corrected chi connectivity index (χ2v) is 8.02. The summed E-state index contributed by atoms with van der Waals surface area (Å²) >= 11 is 0. The number of anilines is 3. The van der Waals surface area contributed by atoms with Crippen molar-refractivity contribution in [1.82, 2.24) is 14.9 Å². The third-order valence-electron chi connectivity index (χ3n) is 5.63. The number of rotatable bonds is 9. The Morgan fingerprint density at radius 2 is 1.89 bits per heavy atom. The molecular weight excluding hydrogens is 461 g/mol. The van der Waals surface area contributed by atoms with Crippen molar-refractivity contribution in [2.45, 2.75) is 13.0 Å². The van der Waals surface area contributed by atoms with Gasteiger partial charge in [-0.15, -0.1) is 0 Å². The van der Waals surface area contributed by atoms with E-state index < -0.39 is 35.5 Å². The molecule has 0 spiro atoms. The smallest absolute Gasteiger partial charge is 0.254 e. The molecule has 35 heavy (non-hydrogen) atoms. The standard InChI is InChI=1S/C24H25F3N6O2/c25-19-4-5-20(26)21(27)17(19)13-29-23-18(22(28)34)14-30-24(32-23)31-16-3-1-2-15(12-16)6-7-33-8-10-35-11-9-33/h1-5,12,14H,6-11,13H2,(H2,28,34)(H2,29,30,31,32). The van der Waals surface area contributed by atoms with Crippen molar-refractivity contribution >= 4 is 23.4 Å². The average Bonchev–Trinajstić information content (AvgIpc) is 2.86. The number of ether oxygens (including phenoxy) is 1. The van der Waals surface area contributed by atoms with Gasteiger partial charge in [-0.05, 0) is 36.2 Å². The van der Waals surface area contributed by atoms with E-state index in [1.807, 2.05) is 24.3 Å². The average molecular weight is 486 g/mol. The van der Waals surface area contributed by atoms with Crippen LogP contribution in [0.4, 0.5) is 30.6 Å². The molecule has 2 heterocycles. The lowest BCUT2D eigenvalue weighted by Gasteiger charge is -2.26. The molecule has 1 fully saturated rings. The zero-order valence-electron chi connectivity index (χ0n) is 18.9. The summed E-state index contributed by atoms with van der Waals surface area (Å²) in [7, 11) is 0. The minimum Gasteiger partial charge on any atom is -0.379 e. The molecule has 0 saturated carbocycles. The van der Waals surface area contributed by atoms with Crippen molar-refractivity contribution in [3.8, 4) is 0 Å². The lowest BCUT2D eigenvalue weighted by atomic mass is 10.1. The second-order valence-electron chi connectivity index (χ2n) is 8.02. The van der Waals surface area contributed by atoms with E-state index in [1.165, 1.54) is 6.20 Å². The Balaban J connectivity index is 1.47. The third-order valence-corrected chi connectivity index (χ3v) is 5.63. The number of nitrogens with one attached hydrogen (secondary N) is 2. The van der Waals surface area contributed by atoms with Crippen LogP contribution in [0.25, 0.3) is 0 Å². The van der Waals surface area contributed by atoms with E-state index in [0.29, 0.717) is 6.07 Å². The first-order valence-corrected chi connectivity index (χ1v) is 11.1. The summed E-state index contributed by atoms with van der Waals surface area (Å²) in [6.45, 7) is 3.78. The minimum absolute atomic E-state index is 0.0402. The van der Waals surface area contributed by atoms with Gasteiger partial charge in [-0.3, -0.25) is 9.69 Å². The summed E-state index contributed by atoms with van der Waals surface area (Å²) in [6.07, 6.45) is 2.06. The minimum atomic E-state index is -1.32. The van der Waals surface area contributed by atoms with Crippen LogP contribution in [0, 0.1) is 17.5 Å². The summed E-state index contributed by atoms with van der Waals surface area (Å²) in [6, 6.07) is 9.26. The highest BCUT2D eigenvalue weighted by Gasteiger charge is 2.17. The van der Waals surface area contributed by atoms with Gasteiger partial charge in [0.05, 0.1) is 18.8 Å². The van der Waals surface area contributed by atoms with Crippen LogP contribution < -0.4 is 16.4 Å². The molecule has 1 saturated heterocycles. The zero-order valence-corrected chi connectivity index (χ0v) is 18.9. The topological polar surface area (TPSA) is 105 Å². The number of morpholine rings is 1. The monoisotopic (exact) mass is 486 g/mol. The Morgan fingerprint density at radius 1 is 1.11 bits per heavy atom. The van der Waals surface area contributed by atoms with Crippen LogP contribution in [0.15, 0.2) is 42.6 Å². The second kappa shape index (κ2) is 11.2. The Labute approximate surface area is 200 Å². The Bertz CT molecular complexity index is 1200. The molecule has 0 bridgehead atoms. The van der Waals surface area contributed by atoms with E-state index in [0.717, 1.165) is 56.6 Å². The normalized spacial score (nSPS) is 14.0. The summed E-state index contributed by atoms with van der Waals surface area (Å²) in [5, 5.41) is 5.72. The lowest BCUT2D eigenvalue weighted by molar-refractivity contribution is 0.0384. The van der Waals surface area contributed by atoms with E-state index in [-0.39, 0.29) is 17.3 Å². The van der Waals surface area contributed by atoms with Crippen molar-refractivity contribution in [2.75, 3.05) is 43.5 Å². The van der Waals surface area contributed by atoms with Gasteiger partial charge in [0.1, 0.15) is 11.6 Å². The molecule has 4 rings (SSSR count). The third kappa shape index (κ3) is 6.25. The quantitative estimate of drug-likeness (QED) is 0.399. The number of aromatic nitrogens is 2. The van der Waals surface area contributed by atoms with Crippen molar-refractivity contribution < 1.29 is 22.7 Å². The maximum absolute atomic E-state index is 14.0. The van der Waals surface area contributed by atoms with Crippen LogP contribution in [-0.4, -0.2) is 53.6 Å². The van der Waals surface area contributed by atoms with Crippen LogP contribution in [0.5, 0.6) is 0 Å². The van der Waals surface area contributed by atoms with Crippen molar-refractivity contribution in [2.24, 2.45) is 5.73 Å². The summed E-state index contributed by atoms with van der Waals surface area (Å²) < 4.78 is 46.9. The van der Waals surface area contributed by atoms with Crippen LogP contribution >= 0.6 is 0 Å². The number of primary amides is 1. The molecule has 1 aromatic heterocycles. The largest absolute Gasteiger partial charge is 0.379 e. The lowest BCUT2D eigenvalue weighted by Crippen LogP contribution is -2.37. The number of benzene rings is 2. The number of hydrogen-bond donors (Lipinski definition) is 3. The number of amides is 1. The Morgan fingerprint density at radius 3 is 2.66 bits per heavy atom. The first-order chi connectivity index (χ1) is 16.9. The van der Waals surface area contributed by atoms with Crippen LogP contribution in [0.2, 0.25) is 0 Å². The summed E-state index contributed by atoms with van der Waals surface area (Å²) in [5.41, 5.74) is 6.62. The van der Waals surface area contributed by atoms with Crippen molar-refractivity contribution in [1.29, 1.82) is 0 Å². The van der Waals surface area contributed by atoms with Gasteiger partial charge < -0.3 is 21.1 Å². The van der Waals surface area contributed by atoms with Crippen LogP contribution in [0.1, 0.15) is 21.5 Å². The molecule has 1 amide bonds. The number of nitrogens with zero attached hydrogens (tertiary/aromatic N) is 3. The van der Waals surface area contributed by atoms with E-state index >= 15 is 0 Å².